The van der Waals surface area contributed by atoms with Crippen molar-refractivity contribution in [3.63, 3.8) is 0 Å². The summed E-state index contributed by atoms with van der Waals surface area (Å²) in [4.78, 5) is 0. The lowest BCUT2D eigenvalue weighted by atomic mass is 10.2. The van der Waals surface area contributed by atoms with E-state index < -0.39 is 0 Å². The average molecular weight is 371 g/mol. The molecule has 0 aliphatic heterocycles. The molecule has 5 heteroatoms. The maximum absolute atomic E-state index is 13.1. The molecule has 0 spiro atoms. The molecule has 0 unspecified atom stereocenters. The number of nitriles is 1. The van der Waals surface area contributed by atoms with Gasteiger partial charge in [-0.05, 0) is 52.3 Å². The Labute approximate surface area is 120 Å². The molecule has 0 bridgehead atoms. The normalized spacial score (nSPS) is 9.89. The molecule has 0 heterocycles. The number of nitrogens with zero attached hydrogens (tertiary/aromatic N) is 1. The highest BCUT2D eigenvalue weighted by Gasteiger charge is 2.04. The van der Waals surface area contributed by atoms with Crippen LogP contribution in [0.25, 0.3) is 0 Å². The molecule has 90 valence electrons. The fourth-order valence-electron chi connectivity index (χ4n) is 1.36. The van der Waals surface area contributed by atoms with Crippen LogP contribution in [-0.4, -0.2) is 0 Å². The van der Waals surface area contributed by atoms with Gasteiger partial charge in [0.2, 0.25) is 0 Å². The van der Waals surface area contributed by atoms with Crippen LogP contribution in [0.1, 0.15) is 5.56 Å². The molecular formula is C13H6Br2FNO. The first-order chi connectivity index (χ1) is 8.58. The maximum atomic E-state index is 13.1. The van der Waals surface area contributed by atoms with Crippen molar-refractivity contribution < 1.29 is 9.13 Å². The van der Waals surface area contributed by atoms with E-state index in [1.165, 1.54) is 18.2 Å². The molecule has 0 saturated carbocycles. The fraction of sp³-hybridized carbons (Fsp3) is 0. The monoisotopic (exact) mass is 369 g/mol. The molecule has 0 N–H and O–H groups in total. The summed E-state index contributed by atoms with van der Waals surface area (Å²) in [7, 11) is 0. The van der Waals surface area contributed by atoms with Gasteiger partial charge in [-0.1, -0.05) is 15.9 Å². The summed E-state index contributed by atoms with van der Waals surface area (Å²) in [5.74, 6) is 0.652. The maximum Gasteiger partial charge on any atom is 0.137 e. The Balaban J connectivity index is 2.31. The quantitative estimate of drug-likeness (QED) is 0.743. The Hall–Kier alpha value is -1.38. The van der Waals surface area contributed by atoms with Crippen molar-refractivity contribution in [3.05, 3.63) is 56.7 Å². The van der Waals surface area contributed by atoms with Crippen LogP contribution in [0.4, 0.5) is 4.39 Å². The molecule has 0 atom stereocenters. The van der Waals surface area contributed by atoms with Crippen LogP contribution >= 0.6 is 31.9 Å². The second kappa shape index (κ2) is 5.51. The van der Waals surface area contributed by atoms with Gasteiger partial charge in [-0.2, -0.15) is 5.26 Å². The molecule has 2 rings (SSSR count). The zero-order chi connectivity index (χ0) is 13.1. The van der Waals surface area contributed by atoms with Gasteiger partial charge in [0, 0.05) is 4.47 Å². The highest BCUT2D eigenvalue weighted by atomic mass is 79.9. The van der Waals surface area contributed by atoms with Crippen LogP contribution in [-0.2, 0) is 0 Å². The number of ether oxygens (including phenoxy) is 1. The van der Waals surface area contributed by atoms with E-state index in [4.69, 9.17) is 10.00 Å². The zero-order valence-electron chi connectivity index (χ0n) is 8.95. The second-order valence-electron chi connectivity index (χ2n) is 3.47. The van der Waals surface area contributed by atoms with Crippen LogP contribution in [0.5, 0.6) is 11.5 Å². The van der Waals surface area contributed by atoms with Gasteiger partial charge < -0.3 is 4.74 Å². The van der Waals surface area contributed by atoms with Crippen molar-refractivity contribution >= 4 is 31.9 Å². The van der Waals surface area contributed by atoms with Crippen LogP contribution in [0, 0.1) is 17.1 Å². The molecule has 0 fully saturated rings. The van der Waals surface area contributed by atoms with Crippen molar-refractivity contribution in [1.82, 2.24) is 0 Å². The van der Waals surface area contributed by atoms with Gasteiger partial charge in [0.15, 0.2) is 0 Å². The lowest BCUT2D eigenvalue weighted by molar-refractivity contribution is 0.479. The summed E-state index contributed by atoms with van der Waals surface area (Å²) in [6.07, 6.45) is 0. The van der Waals surface area contributed by atoms with E-state index in [9.17, 15) is 4.39 Å². The standard InChI is InChI=1S/C13H6Br2FNO/c14-9-3-8(7-17)4-11(5-9)18-10-1-2-13(16)12(15)6-10/h1-6H. The summed E-state index contributed by atoms with van der Waals surface area (Å²) in [5, 5.41) is 8.85. The molecule has 2 nitrogen and oxygen atoms in total. The first-order valence-corrected chi connectivity index (χ1v) is 6.50. The third-order valence-corrected chi connectivity index (χ3v) is 3.19. The number of halogens is 3. The Morgan fingerprint density at radius 1 is 1.06 bits per heavy atom. The van der Waals surface area contributed by atoms with Gasteiger partial charge >= 0.3 is 0 Å². The molecule has 0 aromatic heterocycles. The number of rotatable bonds is 2. The van der Waals surface area contributed by atoms with Crippen LogP contribution in [0.3, 0.4) is 0 Å². The largest absolute Gasteiger partial charge is 0.457 e. The van der Waals surface area contributed by atoms with E-state index in [0.29, 0.717) is 21.5 Å². The van der Waals surface area contributed by atoms with Crippen molar-refractivity contribution in [2.75, 3.05) is 0 Å². The molecule has 2 aromatic carbocycles. The van der Waals surface area contributed by atoms with Crippen LogP contribution in [0.15, 0.2) is 45.3 Å². The van der Waals surface area contributed by atoms with E-state index >= 15 is 0 Å². The van der Waals surface area contributed by atoms with E-state index in [2.05, 4.69) is 31.9 Å². The van der Waals surface area contributed by atoms with Gasteiger partial charge in [0.1, 0.15) is 17.3 Å². The third-order valence-electron chi connectivity index (χ3n) is 2.13. The molecule has 0 amide bonds. The van der Waals surface area contributed by atoms with Crippen LogP contribution in [0.2, 0.25) is 0 Å². The topological polar surface area (TPSA) is 33.0 Å². The summed E-state index contributed by atoms with van der Waals surface area (Å²) in [6.45, 7) is 0. The summed E-state index contributed by atoms with van der Waals surface area (Å²) in [6, 6.07) is 11.4. The average Bonchev–Trinajstić information content (AvgIpc) is 2.33. The number of benzene rings is 2. The van der Waals surface area contributed by atoms with E-state index in [-0.39, 0.29) is 5.82 Å². The number of hydrogen-bond donors (Lipinski definition) is 0. The third kappa shape index (κ3) is 3.09. The molecule has 2 aromatic rings. The predicted molar refractivity (Wildman–Crippen MR) is 73.0 cm³/mol. The van der Waals surface area contributed by atoms with E-state index in [1.54, 1.807) is 18.2 Å². The first kappa shape index (κ1) is 13.1. The van der Waals surface area contributed by atoms with Crippen molar-refractivity contribution in [2.45, 2.75) is 0 Å². The molecule has 0 aliphatic rings. The minimum atomic E-state index is -0.352. The Bertz CT molecular complexity index is 637. The molecule has 18 heavy (non-hydrogen) atoms. The fourth-order valence-corrected chi connectivity index (χ4v) is 2.19. The Morgan fingerprint density at radius 3 is 2.50 bits per heavy atom. The van der Waals surface area contributed by atoms with Crippen molar-refractivity contribution in [3.8, 4) is 17.6 Å². The second-order valence-corrected chi connectivity index (χ2v) is 5.24. The van der Waals surface area contributed by atoms with E-state index in [1.807, 2.05) is 6.07 Å². The molecule has 0 aliphatic carbocycles. The van der Waals surface area contributed by atoms with Gasteiger partial charge in [0.25, 0.3) is 0 Å². The van der Waals surface area contributed by atoms with Gasteiger partial charge in [0.05, 0.1) is 16.1 Å². The predicted octanol–water partition coefficient (Wildman–Crippen LogP) is 5.01. The van der Waals surface area contributed by atoms with Crippen LogP contribution < -0.4 is 4.74 Å². The number of hydrogen-bond acceptors (Lipinski definition) is 2. The smallest absolute Gasteiger partial charge is 0.137 e. The van der Waals surface area contributed by atoms with E-state index in [0.717, 1.165) is 4.47 Å². The summed E-state index contributed by atoms with van der Waals surface area (Å²) < 4.78 is 19.7. The van der Waals surface area contributed by atoms with Crippen molar-refractivity contribution in [2.24, 2.45) is 0 Å². The first-order valence-electron chi connectivity index (χ1n) is 4.92. The highest BCUT2D eigenvalue weighted by molar-refractivity contribution is 9.10. The molecule has 0 radical (unpaired) electrons. The lowest BCUT2D eigenvalue weighted by Crippen LogP contribution is -1.87. The van der Waals surface area contributed by atoms with Gasteiger partial charge in [-0.25, -0.2) is 4.39 Å². The summed E-state index contributed by atoms with van der Waals surface area (Å²) >= 11 is 6.38. The molecule has 0 saturated heterocycles. The van der Waals surface area contributed by atoms with Gasteiger partial charge in [-0.15, -0.1) is 0 Å². The lowest BCUT2D eigenvalue weighted by Gasteiger charge is -2.07. The van der Waals surface area contributed by atoms with Crippen molar-refractivity contribution in [1.29, 1.82) is 5.26 Å². The summed E-state index contributed by atoms with van der Waals surface area (Å²) in [5.41, 5.74) is 0.487. The Morgan fingerprint density at radius 2 is 1.83 bits per heavy atom. The molecular weight excluding hydrogens is 365 g/mol. The zero-order valence-corrected chi connectivity index (χ0v) is 12.1. The SMILES string of the molecule is N#Cc1cc(Br)cc(Oc2ccc(F)c(Br)c2)c1. The Kier molecular flexibility index (Phi) is 4.00. The minimum absolute atomic E-state index is 0.329. The highest BCUT2D eigenvalue weighted by Crippen LogP contribution is 2.28. The minimum Gasteiger partial charge on any atom is -0.457 e. The van der Waals surface area contributed by atoms with Gasteiger partial charge in [-0.3, -0.25) is 0 Å².